The molecule has 102 valence electrons. The van der Waals surface area contributed by atoms with E-state index in [-0.39, 0.29) is 0 Å². The van der Waals surface area contributed by atoms with Crippen LogP contribution in [0.1, 0.15) is 50.8 Å². The number of hydrogen-bond acceptors (Lipinski definition) is 4. The second-order valence-electron chi connectivity index (χ2n) is 5.36. The normalized spacial score (nSPS) is 17.9. The van der Waals surface area contributed by atoms with E-state index in [1.54, 1.807) is 0 Å². The first kappa shape index (κ1) is 12.4. The molecule has 2 aromatic heterocycles. The molecule has 0 radical (unpaired) electrons. The average molecular weight is 259 g/mol. The molecule has 0 saturated carbocycles. The summed E-state index contributed by atoms with van der Waals surface area (Å²) in [7, 11) is 0. The van der Waals surface area contributed by atoms with Crippen molar-refractivity contribution in [1.82, 2.24) is 19.5 Å². The highest BCUT2D eigenvalue weighted by Crippen LogP contribution is 2.19. The number of anilines is 1. The highest BCUT2D eigenvalue weighted by molar-refractivity contribution is 5.81. The van der Waals surface area contributed by atoms with Crippen LogP contribution >= 0.6 is 0 Å². The predicted molar refractivity (Wildman–Crippen MR) is 75.8 cm³/mol. The smallest absolute Gasteiger partial charge is 0.165 e. The van der Waals surface area contributed by atoms with Crippen molar-refractivity contribution in [2.45, 2.75) is 57.9 Å². The molecule has 0 aromatic carbocycles. The molecule has 0 saturated heterocycles. The molecule has 2 aromatic rings. The molecule has 5 nitrogen and oxygen atoms in total. The summed E-state index contributed by atoms with van der Waals surface area (Å²) >= 11 is 0. The number of rotatable bonds is 0. The SMILES string of the molecule is Nc1nc2nc3c1ncn3CCCCCCCCC2. The van der Waals surface area contributed by atoms with Gasteiger partial charge in [-0.15, -0.1) is 0 Å². The maximum Gasteiger partial charge on any atom is 0.165 e. The minimum atomic E-state index is 0.522. The van der Waals surface area contributed by atoms with Crippen LogP contribution in [0.3, 0.4) is 0 Å². The number of hydrogen-bond donors (Lipinski definition) is 1. The molecule has 3 rings (SSSR count). The molecule has 1 aliphatic rings. The fourth-order valence-corrected chi connectivity index (χ4v) is 2.74. The highest BCUT2D eigenvalue weighted by atomic mass is 15.1. The van der Waals surface area contributed by atoms with Crippen LogP contribution in [0.15, 0.2) is 6.33 Å². The van der Waals surface area contributed by atoms with E-state index in [0.717, 1.165) is 36.4 Å². The van der Waals surface area contributed by atoms with Gasteiger partial charge in [0.05, 0.1) is 6.33 Å². The minimum Gasteiger partial charge on any atom is -0.382 e. The van der Waals surface area contributed by atoms with Gasteiger partial charge in [0, 0.05) is 13.0 Å². The van der Waals surface area contributed by atoms with Gasteiger partial charge in [0.2, 0.25) is 0 Å². The first-order valence-corrected chi connectivity index (χ1v) is 7.32. The first-order valence-electron chi connectivity index (χ1n) is 7.32. The zero-order valence-electron chi connectivity index (χ0n) is 11.3. The molecule has 0 fully saturated rings. The number of nitrogen functional groups attached to an aromatic ring is 1. The Hall–Kier alpha value is -1.65. The van der Waals surface area contributed by atoms with E-state index in [0.29, 0.717) is 5.82 Å². The molecule has 0 aliphatic carbocycles. The van der Waals surface area contributed by atoms with Gasteiger partial charge < -0.3 is 10.3 Å². The molecule has 2 bridgehead atoms. The van der Waals surface area contributed by atoms with Crippen LogP contribution < -0.4 is 5.73 Å². The van der Waals surface area contributed by atoms with Crippen molar-refractivity contribution in [3.63, 3.8) is 0 Å². The third kappa shape index (κ3) is 2.69. The Labute approximate surface area is 113 Å². The predicted octanol–water partition coefficient (Wildman–Crippen LogP) is 2.70. The van der Waals surface area contributed by atoms with Crippen LogP contribution in [0.5, 0.6) is 0 Å². The second kappa shape index (κ2) is 5.55. The Bertz CT molecular complexity index is 560. The number of aromatic nitrogens is 4. The van der Waals surface area contributed by atoms with Gasteiger partial charge in [-0.25, -0.2) is 15.0 Å². The molecule has 3 heterocycles. The summed E-state index contributed by atoms with van der Waals surface area (Å²) < 4.78 is 2.12. The Kier molecular flexibility index (Phi) is 3.62. The van der Waals surface area contributed by atoms with Gasteiger partial charge >= 0.3 is 0 Å². The minimum absolute atomic E-state index is 0.522. The molecule has 0 unspecified atom stereocenters. The molecule has 5 heteroatoms. The van der Waals surface area contributed by atoms with E-state index in [1.807, 2.05) is 6.33 Å². The Morgan fingerprint density at radius 2 is 1.68 bits per heavy atom. The van der Waals surface area contributed by atoms with Crippen LogP contribution in [0.4, 0.5) is 5.82 Å². The van der Waals surface area contributed by atoms with Gasteiger partial charge in [0.15, 0.2) is 11.5 Å². The number of imidazole rings is 1. The van der Waals surface area contributed by atoms with Gasteiger partial charge in [-0.3, -0.25) is 0 Å². The summed E-state index contributed by atoms with van der Waals surface area (Å²) in [6, 6.07) is 0. The van der Waals surface area contributed by atoms with E-state index >= 15 is 0 Å². The van der Waals surface area contributed by atoms with E-state index in [9.17, 15) is 0 Å². The van der Waals surface area contributed by atoms with Crippen molar-refractivity contribution in [2.24, 2.45) is 0 Å². The lowest BCUT2D eigenvalue weighted by Crippen LogP contribution is -2.04. The van der Waals surface area contributed by atoms with Crippen molar-refractivity contribution in [3.8, 4) is 0 Å². The third-order valence-corrected chi connectivity index (χ3v) is 3.84. The van der Waals surface area contributed by atoms with Crippen molar-refractivity contribution in [3.05, 3.63) is 12.2 Å². The molecule has 19 heavy (non-hydrogen) atoms. The molecule has 2 N–H and O–H groups in total. The van der Waals surface area contributed by atoms with Crippen LogP contribution in [0, 0.1) is 0 Å². The Balaban J connectivity index is 1.95. The Morgan fingerprint density at radius 3 is 2.53 bits per heavy atom. The van der Waals surface area contributed by atoms with Crippen molar-refractivity contribution in [1.29, 1.82) is 0 Å². The highest BCUT2D eigenvalue weighted by Gasteiger charge is 2.11. The fourth-order valence-electron chi connectivity index (χ4n) is 2.74. The quantitative estimate of drug-likeness (QED) is 0.789. The molecular formula is C14H21N5. The van der Waals surface area contributed by atoms with Gasteiger partial charge in [0.1, 0.15) is 11.3 Å². The van der Waals surface area contributed by atoms with Gasteiger partial charge in [0.25, 0.3) is 0 Å². The summed E-state index contributed by atoms with van der Waals surface area (Å²) in [5.74, 6) is 1.39. The maximum absolute atomic E-state index is 5.99. The summed E-state index contributed by atoms with van der Waals surface area (Å²) in [5.41, 5.74) is 7.64. The fraction of sp³-hybridized carbons (Fsp3) is 0.643. The Morgan fingerprint density at radius 1 is 0.947 bits per heavy atom. The summed E-state index contributed by atoms with van der Waals surface area (Å²) in [6.45, 7) is 0.979. The molecule has 0 spiro atoms. The zero-order valence-corrected chi connectivity index (χ0v) is 11.3. The topological polar surface area (TPSA) is 69.6 Å². The van der Waals surface area contributed by atoms with Gasteiger partial charge in [-0.2, -0.15) is 0 Å². The lowest BCUT2D eigenvalue weighted by atomic mass is 10.1. The van der Waals surface area contributed by atoms with Gasteiger partial charge in [-0.1, -0.05) is 32.1 Å². The van der Waals surface area contributed by atoms with Crippen LogP contribution in [-0.4, -0.2) is 19.5 Å². The number of aryl methyl sites for hydroxylation is 2. The first-order chi connectivity index (χ1) is 9.34. The monoisotopic (exact) mass is 259 g/mol. The van der Waals surface area contributed by atoms with E-state index < -0.39 is 0 Å². The summed E-state index contributed by atoms with van der Waals surface area (Å²) in [4.78, 5) is 13.4. The van der Waals surface area contributed by atoms with E-state index in [2.05, 4.69) is 19.5 Å². The molecule has 1 aliphatic heterocycles. The maximum atomic E-state index is 5.99. The molecule has 0 amide bonds. The summed E-state index contributed by atoms with van der Waals surface area (Å²) in [6.07, 6.45) is 11.7. The molecule has 0 atom stereocenters. The molecular weight excluding hydrogens is 238 g/mol. The van der Waals surface area contributed by atoms with Crippen molar-refractivity contribution in [2.75, 3.05) is 5.73 Å². The lowest BCUT2D eigenvalue weighted by Gasteiger charge is -2.05. The lowest BCUT2D eigenvalue weighted by molar-refractivity contribution is 0.551. The summed E-state index contributed by atoms with van der Waals surface area (Å²) in [5, 5.41) is 0. The van der Waals surface area contributed by atoms with E-state index in [1.165, 1.54) is 38.5 Å². The zero-order chi connectivity index (χ0) is 13.1. The second-order valence-corrected chi connectivity index (χ2v) is 5.36. The van der Waals surface area contributed by atoms with Crippen molar-refractivity contribution >= 4 is 17.0 Å². The van der Waals surface area contributed by atoms with Crippen LogP contribution in [0.25, 0.3) is 11.2 Å². The van der Waals surface area contributed by atoms with E-state index in [4.69, 9.17) is 5.73 Å². The largest absolute Gasteiger partial charge is 0.382 e. The standard InChI is InChI=1S/C14H21N5/c15-13-12-14-18-11(17-13)8-6-4-2-1-3-5-7-9-19(14)10-16-12/h10H,1-9H2,(H2,15,17,18). The number of fused-ring (bicyclic) bond motifs is 1. The van der Waals surface area contributed by atoms with Crippen LogP contribution in [-0.2, 0) is 13.0 Å². The number of nitrogens with two attached hydrogens (primary N) is 1. The third-order valence-electron chi connectivity index (χ3n) is 3.84. The average Bonchev–Trinajstić information content (AvgIpc) is 2.80. The number of nitrogens with zero attached hydrogens (tertiary/aromatic N) is 4. The van der Waals surface area contributed by atoms with Gasteiger partial charge in [-0.05, 0) is 12.8 Å². The van der Waals surface area contributed by atoms with Crippen LogP contribution in [0.2, 0.25) is 0 Å². The van der Waals surface area contributed by atoms with Crippen molar-refractivity contribution < 1.29 is 0 Å².